The van der Waals surface area contributed by atoms with Gasteiger partial charge >= 0.3 is 0 Å². The summed E-state index contributed by atoms with van der Waals surface area (Å²) < 4.78 is 0. The monoisotopic (exact) mass is 357 g/mol. The Morgan fingerprint density at radius 1 is 1.56 bits per heavy atom. The molecule has 0 N–H and O–H groups in total. The van der Waals surface area contributed by atoms with Gasteiger partial charge in [-0.3, -0.25) is 10.1 Å². The maximum Gasteiger partial charge on any atom is 0.229 e. The number of hydrogen-bond donors (Lipinski definition) is 0. The van der Waals surface area contributed by atoms with E-state index in [2.05, 4.69) is 0 Å². The van der Waals surface area contributed by atoms with Crippen LogP contribution in [0.5, 0.6) is 0 Å². The molecule has 0 bridgehead atoms. The summed E-state index contributed by atoms with van der Waals surface area (Å²) in [5, 5.41) is 11.8. The first-order valence-electron chi connectivity index (χ1n) is 4.36. The maximum absolute atomic E-state index is 10.8. The van der Waals surface area contributed by atoms with E-state index in [0.29, 0.717) is 16.8 Å². The van der Waals surface area contributed by atoms with Gasteiger partial charge in [0.15, 0.2) is 0 Å². The average Bonchev–Trinajstić information content (AvgIpc) is 2.14. The Bertz CT molecular complexity index is 333. The Labute approximate surface area is 134 Å². The maximum atomic E-state index is 10.8. The number of hydrogen-bond acceptors (Lipinski definition) is 2. The van der Waals surface area contributed by atoms with Crippen LogP contribution in [0, 0.1) is 21.4 Å². The zero-order valence-electron chi connectivity index (χ0n) is 8.49. The second-order valence-electron chi connectivity index (χ2n) is 3.14. The molecule has 0 aromatic heterocycles. The summed E-state index contributed by atoms with van der Waals surface area (Å²) in [5.41, 5.74) is 0. The van der Waals surface area contributed by atoms with Crippen LogP contribution in [0.1, 0.15) is 13.3 Å². The van der Waals surface area contributed by atoms with Gasteiger partial charge in [-0.1, -0.05) is 42.1 Å². The van der Waals surface area contributed by atoms with E-state index in [1.807, 2.05) is 6.92 Å². The topological polar surface area (TPSA) is 43.1 Å². The van der Waals surface area contributed by atoms with E-state index in [1.54, 1.807) is 6.08 Å². The van der Waals surface area contributed by atoms with Gasteiger partial charge in [0.2, 0.25) is 6.04 Å². The van der Waals surface area contributed by atoms with Gasteiger partial charge in [-0.05, 0) is 6.08 Å². The second kappa shape index (κ2) is 7.32. The Morgan fingerprint density at radius 2 is 2.12 bits per heavy atom. The molecule has 1 aliphatic rings. The van der Waals surface area contributed by atoms with Crippen molar-refractivity contribution in [3.63, 3.8) is 0 Å². The molecular weight excluding hydrogens is 349 g/mol. The van der Waals surface area contributed by atoms with E-state index in [1.165, 1.54) is 6.08 Å². The fraction of sp³-hybridized carbons (Fsp3) is 0.444. The Kier molecular flexibility index (Phi) is 7.72. The minimum absolute atomic E-state index is 0. The predicted molar refractivity (Wildman–Crippen MR) is 61.5 cm³/mol. The van der Waals surface area contributed by atoms with E-state index in [-0.39, 0.29) is 37.7 Å². The summed E-state index contributed by atoms with van der Waals surface area (Å²) in [4.78, 5) is 10.4. The molecule has 0 aromatic carbocycles. The van der Waals surface area contributed by atoms with Crippen molar-refractivity contribution >= 4 is 34.8 Å². The molecule has 0 fully saturated rings. The van der Waals surface area contributed by atoms with Gasteiger partial charge in [-0.15, -0.1) is 0 Å². The number of allylic oxidation sites excluding steroid dienone is 2. The minimum atomic E-state index is -1.01. The summed E-state index contributed by atoms with van der Waals surface area (Å²) in [5.74, 6) is -0.531. The molecule has 0 aliphatic heterocycles. The largest absolute Gasteiger partial charge is 0.345 e. The van der Waals surface area contributed by atoms with E-state index in [9.17, 15) is 10.1 Å². The zero-order valence-corrected chi connectivity index (χ0v) is 13.6. The molecule has 0 spiro atoms. The minimum Gasteiger partial charge on any atom is -0.345 e. The van der Waals surface area contributed by atoms with Crippen molar-refractivity contribution in [1.29, 1.82) is 0 Å². The zero-order chi connectivity index (χ0) is 11.6. The third-order valence-electron chi connectivity index (χ3n) is 2.16. The summed E-state index contributed by atoms with van der Waals surface area (Å²) in [6.45, 7) is 1.83. The molecule has 2 unspecified atom stereocenters. The van der Waals surface area contributed by atoms with Crippen LogP contribution in [0.25, 0.3) is 0 Å². The molecule has 1 rings (SSSR count). The predicted octanol–water partition coefficient (Wildman–Crippen LogP) is 3.69. The third-order valence-corrected chi connectivity index (χ3v) is 3.25. The van der Waals surface area contributed by atoms with Crippen molar-refractivity contribution in [2.75, 3.05) is 0 Å². The number of halogens is 3. The smallest absolute Gasteiger partial charge is 0.229 e. The Balaban J connectivity index is 0.00000225. The van der Waals surface area contributed by atoms with E-state index in [4.69, 9.17) is 34.8 Å². The molecule has 7 heteroatoms. The van der Waals surface area contributed by atoms with Crippen LogP contribution < -0.4 is 0 Å². The van der Waals surface area contributed by atoms with Crippen LogP contribution in [0.15, 0.2) is 22.2 Å². The van der Waals surface area contributed by atoms with Gasteiger partial charge in [0.25, 0.3) is 0 Å². The fourth-order valence-electron chi connectivity index (χ4n) is 1.43. The van der Waals surface area contributed by atoms with Gasteiger partial charge in [-0.25, -0.2) is 5.38 Å². The molecule has 0 saturated heterocycles. The number of rotatable bonds is 3. The molecule has 2 atom stereocenters. The molecule has 0 amide bonds. The molecule has 0 heterocycles. The normalized spacial score (nSPS) is 24.6. The van der Waals surface area contributed by atoms with Crippen LogP contribution in [0.2, 0.25) is 0 Å². The summed E-state index contributed by atoms with van der Waals surface area (Å²) in [6.07, 6.45) is 3.49. The molecule has 87 valence electrons. The Hall–Kier alpha value is 0.854. The summed E-state index contributed by atoms with van der Waals surface area (Å²) in [6, 6.07) is -1.01. The van der Waals surface area contributed by atoms with E-state index >= 15 is 0 Å². The molecule has 0 aromatic rings. The fourth-order valence-corrected chi connectivity index (χ4v) is 2.25. The van der Waals surface area contributed by atoms with Crippen molar-refractivity contribution in [2.45, 2.75) is 19.4 Å². The van der Waals surface area contributed by atoms with Crippen molar-refractivity contribution in [3.8, 4) is 0 Å². The van der Waals surface area contributed by atoms with Crippen LogP contribution in [-0.4, -0.2) is 11.0 Å². The average molecular weight is 358 g/mol. The van der Waals surface area contributed by atoms with Gasteiger partial charge in [0.1, 0.15) is 0 Å². The molecule has 1 radical (unpaired) electrons. The van der Waals surface area contributed by atoms with Crippen molar-refractivity contribution < 1.29 is 37.6 Å². The van der Waals surface area contributed by atoms with E-state index < -0.39 is 16.9 Å². The molecule has 0 saturated carbocycles. The van der Waals surface area contributed by atoms with Gasteiger partial charge in [0.05, 0.1) is 5.03 Å². The van der Waals surface area contributed by atoms with Crippen LogP contribution in [0.4, 0.5) is 0 Å². The molecular formula is C9H9Cl3NO2Y-. The second-order valence-corrected chi connectivity index (χ2v) is 4.50. The molecule has 1 aliphatic carbocycles. The van der Waals surface area contributed by atoms with Crippen LogP contribution in [-0.2, 0) is 32.7 Å². The quantitative estimate of drug-likeness (QED) is 0.439. The third kappa shape index (κ3) is 3.95. The standard InChI is InChI=1S/C9H9Cl3NO2.Y/c1-2-7(11)6-3-5(10)4-8(12)9(6)13(14)15;/h3-4,6,9H,2H2,1H3;/q-1;. The molecule has 16 heavy (non-hydrogen) atoms. The van der Waals surface area contributed by atoms with Crippen molar-refractivity contribution in [3.05, 3.63) is 37.7 Å². The van der Waals surface area contributed by atoms with Gasteiger partial charge in [0, 0.05) is 42.7 Å². The summed E-state index contributed by atoms with van der Waals surface area (Å²) in [7, 11) is 0. The first-order chi connectivity index (χ1) is 6.97. The number of nitrogens with zero attached hydrogens (tertiary/aromatic N) is 1. The molecule has 3 nitrogen and oxygen atoms in total. The van der Waals surface area contributed by atoms with Crippen molar-refractivity contribution in [2.24, 2.45) is 5.92 Å². The Morgan fingerprint density at radius 3 is 2.56 bits per heavy atom. The van der Waals surface area contributed by atoms with Crippen LogP contribution in [0.3, 0.4) is 0 Å². The first kappa shape index (κ1) is 16.9. The summed E-state index contributed by atoms with van der Waals surface area (Å²) >= 11 is 17.5. The SMILES string of the molecule is CC[C-](Cl)C1C=C(Cl)C=C(Cl)C1[N+](=O)[O-].[Y]. The van der Waals surface area contributed by atoms with Gasteiger partial charge < -0.3 is 11.6 Å². The number of nitro groups is 1. The van der Waals surface area contributed by atoms with Gasteiger partial charge in [-0.2, -0.15) is 6.42 Å². The van der Waals surface area contributed by atoms with Crippen LogP contribution >= 0.6 is 34.8 Å². The first-order valence-corrected chi connectivity index (χ1v) is 5.49. The van der Waals surface area contributed by atoms with E-state index in [0.717, 1.165) is 0 Å². The van der Waals surface area contributed by atoms with Crippen molar-refractivity contribution in [1.82, 2.24) is 0 Å².